The topological polar surface area (TPSA) is 83.6 Å². The van der Waals surface area contributed by atoms with Crippen LogP contribution in [0.1, 0.15) is 23.6 Å². The first-order chi connectivity index (χ1) is 16.5. The fourth-order valence-corrected chi connectivity index (χ4v) is 3.93. The van der Waals surface area contributed by atoms with Crippen LogP contribution in [0.2, 0.25) is 5.02 Å². The lowest BCUT2D eigenvalue weighted by Crippen LogP contribution is -2.38. The van der Waals surface area contributed by atoms with Crippen LogP contribution in [0, 0.1) is 0 Å². The molecule has 4 aromatic rings. The number of hydrogen-bond donors (Lipinski definition) is 3. The normalized spacial score (nSPS) is 11.9. The highest BCUT2D eigenvalue weighted by Crippen LogP contribution is 2.29. The molecule has 6 nitrogen and oxygen atoms in total. The molecule has 4 rings (SSSR count). The second-order valence-corrected chi connectivity index (χ2v) is 8.40. The van der Waals surface area contributed by atoms with Crippen LogP contribution in [0.5, 0.6) is 11.5 Å². The molecule has 0 fully saturated rings. The van der Waals surface area contributed by atoms with E-state index in [2.05, 4.69) is 10.3 Å². The maximum Gasteiger partial charge on any atom is 0.321 e. The highest BCUT2D eigenvalue weighted by molar-refractivity contribution is 6.30. The highest BCUT2D eigenvalue weighted by atomic mass is 35.5. The number of halogens is 1. The van der Waals surface area contributed by atoms with Crippen molar-refractivity contribution < 1.29 is 19.4 Å². The number of H-pyrrole nitrogens is 1. The van der Waals surface area contributed by atoms with Crippen molar-refractivity contribution in [2.24, 2.45) is 0 Å². The minimum absolute atomic E-state index is 0.375. The number of nitrogens with one attached hydrogen (secondary N) is 2. The molecule has 0 unspecified atom stereocenters. The standard InChI is InChI=1S/C27H27ClN2O4/c1-2-33-26-13-19(9-12-25(26)34-17-18-7-10-21(28)11-8-18)15-29-24(27(31)32)14-20-16-30-23-6-4-3-5-22(20)23/h3-13,16,24,29-30H,2,14-15,17H2,1H3,(H,31,32)/t24-/m1/s1. The van der Waals surface area contributed by atoms with Crippen LogP contribution in [0.3, 0.4) is 0 Å². The van der Waals surface area contributed by atoms with Crippen molar-refractivity contribution in [3.63, 3.8) is 0 Å². The number of benzene rings is 3. The molecule has 1 atom stereocenters. The molecule has 1 heterocycles. The minimum Gasteiger partial charge on any atom is -0.490 e. The van der Waals surface area contributed by atoms with Crippen molar-refractivity contribution in [3.05, 3.63) is 94.6 Å². The van der Waals surface area contributed by atoms with E-state index in [1.165, 1.54) is 0 Å². The van der Waals surface area contributed by atoms with Crippen molar-refractivity contribution in [2.45, 2.75) is 32.5 Å². The predicted molar refractivity (Wildman–Crippen MR) is 134 cm³/mol. The highest BCUT2D eigenvalue weighted by Gasteiger charge is 2.19. The van der Waals surface area contributed by atoms with Crippen molar-refractivity contribution >= 4 is 28.5 Å². The predicted octanol–water partition coefficient (Wildman–Crippen LogP) is 5.58. The maximum absolute atomic E-state index is 11.9. The lowest BCUT2D eigenvalue weighted by molar-refractivity contribution is -0.139. The molecule has 0 radical (unpaired) electrons. The monoisotopic (exact) mass is 478 g/mol. The molecule has 3 aromatic carbocycles. The lowest BCUT2D eigenvalue weighted by atomic mass is 10.0. The summed E-state index contributed by atoms with van der Waals surface area (Å²) in [6.45, 7) is 3.18. The molecule has 0 aliphatic rings. The number of carboxylic acid groups (broad SMARTS) is 1. The first kappa shape index (κ1) is 23.7. The van der Waals surface area contributed by atoms with Gasteiger partial charge in [-0.05, 0) is 53.9 Å². The molecule has 0 amide bonds. The molecular weight excluding hydrogens is 452 g/mol. The van der Waals surface area contributed by atoms with E-state index in [9.17, 15) is 9.90 Å². The average molecular weight is 479 g/mol. The molecule has 176 valence electrons. The summed E-state index contributed by atoms with van der Waals surface area (Å²) >= 11 is 5.94. The molecule has 0 aliphatic heterocycles. The molecule has 0 spiro atoms. The van der Waals surface area contributed by atoms with Gasteiger partial charge < -0.3 is 24.9 Å². The Morgan fingerprint density at radius 3 is 2.56 bits per heavy atom. The summed E-state index contributed by atoms with van der Waals surface area (Å²) in [7, 11) is 0. The zero-order valence-electron chi connectivity index (χ0n) is 18.9. The van der Waals surface area contributed by atoms with Crippen LogP contribution in [0.4, 0.5) is 0 Å². The lowest BCUT2D eigenvalue weighted by Gasteiger charge is -2.16. The van der Waals surface area contributed by atoms with Gasteiger partial charge in [-0.15, -0.1) is 0 Å². The van der Waals surface area contributed by atoms with Gasteiger partial charge in [-0.2, -0.15) is 0 Å². The number of carboxylic acids is 1. The second kappa shape index (κ2) is 11.1. The van der Waals surface area contributed by atoms with Crippen LogP contribution in [-0.2, 0) is 24.4 Å². The van der Waals surface area contributed by atoms with Crippen LogP contribution in [-0.4, -0.2) is 28.7 Å². The van der Waals surface area contributed by atoms with Crippen LogP contribution >= 0.6 is 11.6 Å². The SMILES string of the molecule is CCOc1cc(CN[C@H](Cc2c[nH]c3ccccc23)C(=O)O)ccc1OCc1ccc(Cl)cc1. The fourth-order valence-electron chi connectivity index (χ4n) is 3.80. The zero-order chi connectivity index (χ0) is 23.9. The van der Waals surface area contributed by atoms with E-state index in [1.807, 2.05) is 79.9 Å². The second-order valence-electron chi connectivity index (χ2n) is 7.96. The molecular formula is C27H27ClN2O4. The van der Waals surface area contributed by atoms with E-state index in [4.69, 9.17) is 21.1 Å². The number of aromatic nitrogens is 1. The number of para-hydroxylation sites is 1. The summed E-state index contributed by atoms with van der Waals surface area (Å²) in [6.07, 6.45) is 2.25. The van der Waals surface area contributed by atoms with Crippen LogP contribution in [0.15, 0.2) is 72.9 Å². The zero-order valence-corrected chi connectivity index (χ0v) is 19.6. The Bertz CT molecular complexity index is 1250. The Balaban J connectivity index is 1.42. The van der Waals surface area contributed by atoms with Gasteiger partial charge >= 0.3 is 5.97 Å². The van der Waals surface area contributed by atoms with Crippen LogP contribution in [0.25, 0.3) is 10.9 Å². The summed E-state index contributed by atoms with van der Waals surface area (Å²) < 4.78 is 11.7. The Morgan fingerprint density at radius 2 is 1.79 bits per heavy atom. The van der Waals surface area contributed by atoms with Gasteiger partial charge in [0.15, 0.2) is 11.5 Å². The van der Waals surface area contributed by atoms with E-state index in [-0.39, 0.29) is 0 Å². The number of carbonyl (C=O) groups is 1. The number of aliphatic carboxylic acids is 1. The Labute approximate surface area is 203 Å². The van der Waals surface area contributed by atoms with E-state index >= 15 is 0 Å². The quantitative estimate of drug-likeness (QED) is 0.262. The molecule has 34 heavy (non-hydrogen) atoms. The molecule has 3 N–H and O–H groups in total. The summed E-state index contributed by atoms with van der Waals surface area (Å²) in [5.74, 6) is 0.367. The average Bonchev–Trinajstić information content (AvgIpc) is 3.25. The Kier molecular flexibility index (Phi) is 7.72. The van der Waals surface area contributed by atoms with Gasteiger partial charge in [-0.25, -0.2) is 0 Å². The fraction of sp³-hybridized carbons (Fsp3) is 0.222. The van der Waals surface area contributed by atoms with Gasteiger partial charge in [0.25, 0.3) is 0 Å². The number of aromatic amines is 1. The van der Waals surface area contributed by atoms with E-state index in [0.717, 1.165) is 27.6 Å². The van der Waals surface area contributed by atoms with Gasteiger partial charge in [0.05, 0.1) is 6.61 Å². The summed E-state index contributed by atoms with van der Waals surface area (Å²) in [5.41, 5.74) is 3.88. The Morgan fingerprint density at radius 1 is 1.03 bits per heavy atom. The molecule has 0 saturated heterocycles. The molecule has 1 aromatic heterocycles. The maximum atomic E-state index is 11.9. The molecule has 0 bridgehead atoms. The minimum atomic E-state index is -0.891. The summed E-state index contributed by atoms with van der Waals surface area (Å²) in [4.78, 5) is 15.1. The van der Waals surface area contributed by atoms with Gasteiger partial charge in [0.2, 0.25) is 0 Å². The number of hydrogen-bond acceptors (Lipinski definition) is 4. The van der Waals surface area contributed by atoms with Crippen molar-refractivity contribution in [1.82, 2.24) is 10.3 Å². The molecule has 7 heteroatoms. The van der Waals surface area contributed by atoms with Crippen LogP contribution < -0.4 is 14.8 Å². The third-order valence-corrected chi connectivity index (χ3v) is 5.82. The third kappa shape index (κ3) is 5.90. The van der Waals surface area contributed by atoms with Crippen molar-refractivity contribution in [3.8, 4) is 11.5 Å². The smallest absolute Gasteiger partial charge is 0.321 e. The number of ether oxygens (including phenoxy) is 2. The first-order valence-corrected chi connectivity index (χ1v) is 11.6. The van der Waals surface area contributed by atoms with Crippen molar-refractivity contribution in [1.29, 1.82) is 0 Å². The summed E-state index contributed by atoms with van der Waals surface area (Å²) in [6, 6.07) is 20.3. The third-order valence-electron chi connectivity index (χ3n) is 5.57. The number of rotatable bonds is 11. The first-order valence-electron chi connectivity index (χ1n) is 11.2. The van der Waals surface area contributed by atoms with Gasteiger partial charge in [-0.3, -0.25) is 4.79 Å². The number of fused-ring (bicyclic) bond motifs is 1. The summed E-state index contributed by atoms with van der Waals surface area (Å²) in [5, 5.41) is 14.7. The van der Waals surface area contributed by atoms with Gasteiger partial charge in [0, 0.05) is 35.1 Å². The van der Waals surface area contributed by atoms with Crippen molar-refractivity contribution in [2.75, 3.05) is 6.61 Å². The van der Waals surface area contributed by atoms with E-state index in [0.29, 0.717) is 42.7 Å². The van der Waals surface area contributed by atoms with E-state index < -0.39 is 12.0 Å². The Hall–Kier alpha value is -3.48. The molecule has 0 aliphatic carbocycles. The van der Waals surface area contributed by atoms with Gasteiger partial charge in [0.1, 0.15) is 12.6 Å². The largest absolute Gasteiger partial charge is 0.490 e. The van der Waals surface area contributed by atoms with Gasteiger partial charge in [-0.1, -0.05) is 48.0 Å². The van der Waals surface area contributed by atoms with E-state index in [1.54, 1.807) is 0 Å². The molecule has 0 saturated carbocycles.